The average Bonchev–Trinajstić information content (AvgIpc) is 2.57. The molecule has 5 heteroatoms. The zero-order valence-corrected chi connectivity index (χ0v) is 14.0. The van der Waals surface area contributed by atoms with Gasteiger partial charge in [-0.3, -0.25) is 14.6 Å². The minimum absolute atomic E-state index is 0.0751. The maximum Gasteiger partial charge on any atom is 0.239 e. The van der Waals surface area contributed by atoms with Gasteiger partial charge in [-0.2, -0.15) is 0 Å². The van der Waals surface area contributed by atoms with E-state index in [4.69, 9.17) is 0 Å². The third-order valence-electron chi connectivity index (χ3n) is 6.17. The van der Waals surface area contributed by atoms with Crippen LogP contribution in [0.15, 0.2) is 24.5 Å². The van der Waals surface area contributed by atoms with E-state index in [1.807, 2.05) is 12.1 Å². The lowest BCUT2D eigenvalue weighted by Crippen LogP contribution is -2.54. The van der Waals surface area contributed by atoms with Crippen LogP contribution in [0, 0.1) is 23.2 Å². The Bertz CT molecular complexity index is 593. The van der Waals surface area contributed by atoms with Crippen LogP contribution in [0.1, 0.15) is 44.1 Å². The molecule has 0 saturated heterocycles. The summed E-state index contributed by atoms with van der Waals surface area (Å²) in [7, 11) is 0. The lowest BCUT2D eigenvalue weighted by Gasteiger charge is -2.55. The summed E-state index contributed by atoms with van der Waals surface area (Å²) in [6.07, 6.45) is 10.5. The van der Waals surface area contributed by atoms with Gasteiger partial charge in [0, 0.05) is 24.4 Å². The van der Waals surface area contributed by atoms with E-state index in [0.717, 1.165) is 42.6 Å². The van der Waals surface area contributed by atoms with Crippen LogP contribution in [0.3, 0.4) is 0 Å². The van der Waals surface area contributed by atoms with E-state index in [1.54, 1.807) is 12.4 Å². The Balaban J connectivity index is 1.28. The van der Waals surface area contributed by atoms with Crippen LogP contribution in [-0.4, -0.2) is 23.3 Å². The molecule has 0 spiro atoms. The van der Waals surface area contributed by atoms with E-state index < -0.39 is 0 Å². The van der Waals surface area contributed by atoms with Crippen LogP contribution in [0.25, 0.3) is 0 Å². The molecule has 0 unspecified atom stereocenters. The fraction of sp³-hybridized carbons (Fsp3) is 0.632. The Morgan fingerprint density at radius 3 is 2.17 bits per heavy atom. The molecule has 1 aromatic heterocycles. The molecule has 0 aromatic carbocycles. The van der Waals surface area contributed by atoms with Gasteiger partial charge in [0.05, 0.1) is 6.54 Å². The molecule has 4 aliphatic rings. The van der Waals surface area contributed by atoms with Gasteiger partial charge >= 0.3 is 0 Å². The molecule has 128 valence electrons. The van der Waals surface area contributed by atoms with Crippen molar-refractivity contribution in [3.8, 4) is 0 Å². The van der Waals surface area contributed by atoms with Gasteiger partial charge in [0.25, 0.3) is 0 Å². The summed E-state index contributed by atoms with van der Waals surface area (Å²) in [6, 6.07) is 3.74. The zero-order valence-electron chi connectivity index (χ0n) is 14.0. The van der Waals surface area contributed by atoms with Crippen molar-refractivity contribution in [2.75, 3.05) is 6.54 Å². The minimum atomic E-state index is -0.180. The SMILES string of the molecule is O=C(CNC(=O)C12CC3CC(CC(C3)C1)C2)NCc1ccncc1. The summed E-state index contributed by atoms with van der Waals surface area (Å²) in [5, 5.41) is 5.76. The Morgan fingerprint density at radius 2 is 1.58 bits per heavy atom. The maximum absolute atomic E-state index is 12.8. The Hall–Kier alpha value is -1.91. The largest absolute Gasteiger partial charge is 0.350 e. The summed E-state index contributed by atoms with van der Waals surface area (Å²) < 4.78 is 0. The third kappa shape index (κ3) is 3.04. The third-order valence-corrected chi connectivity index (χ3v) is 6.17. The van der Waals surface area contributed by atoms with E-state index >= 15 is 0 Å². The first kappa shape index (κ1) is 15.6. The maximum atomic E-state index is 12.8. The van der Waals surface area contributed by atoms with Crippen LogP contribution in [0.5, 0.6) is 0 Å². The van der Waals surface area contributed by atoms with E-state index in [9.17, 15) is 9.59 Å². The molecule has 24 heavy (non-hydrogen) atoms. The van der Waals surface area contributed by atoms with Crippen LogP contribution in [0.2, 0.25) is 0 Å². The second kappa shape index (κ2) is 6.19. The second-order valence-corrected chi connectivity index (χ2v) is 8.01. The number of aromatic nitrogens is 1. The predicted molar refractivity (Wildman–Crippen MR) is 89.7 cm³/mol. The first-order chi connectivity index (χ1) is 11.6. The van der Waals surface area contributed by atoms with Crippen LogP contribution in [-0.2, 0) is 16.1 Å². The lowest BCUT2D eigenvalue weighted by atomic mass is 9.49. The molecule has 2 N–H and O–H groups in total. The molecule has 0 atom stereocenters. The van der Waals surface area contributed by atoms with Gasteiger partial charge < -0.3 is 10.6 Å². The summed E-state index contributed by atoms with van der Waals surface area (Å²) in [4.78, 5) is 28.7. The van der Waals surface area contributed by atoms with Crippen molar-refractivity contribution in [3.63, 3.8) is 0 Å². The van der Waals surface area contributed by atoms with Crippen molar-refractivity contribution < 1.29 is 9.59 Å². The molecule has 5 rings (SSSR count). The number of carbonyl (C=O) groups is 2. The number of hydrogen-bond acceptors (Lipinski definition) is 3. The average molecular weight is 327 g/mol. The van der Waals surface area contributed by atoms with E-state index in [1.165, 1.54) is 19.3 Å². The summed E-state index contributed by atoms with van der Waals surface area (Å²) in [6.45, 7) is 0.542. The number of rotatable bonds is 5. The minimum Gasteiger partial charge on any atom is -0.350 e. The van der Waals surface area contributed by atoms with E-state index in [2.05, 4.69) is 15.6 Å². The summed E-state index contributed by atoms with van der Waals surface area (Å²) in [5.41, 5.74) is 0.825. The Morgan fingerprint density at radius 1 is 1.00 bits per heavy atom. The first-order valence-electron chi connectivity index (χ1n) is 9.07. The van der Waals surface area contributed by atoms with E-state index in [-0.39, 0.29) is 23.8 Å². The predicted octanol–water partition coefficient (Wildman–Crippen LogP) is 2.03. The highest BCUT2D eigenvalue weighted by molar-refractivity contribution is 5.88. The molecule has 4 bridgehead atoms. The van der Waals surface area contributed by atoms with Gasteiger partial charge in [0.2, 0.25) is 11.8 Å². The molecule has 0 radical (unpaired) electrons. The van der Waals surface area contributed by atoms with Crippen LogP contribution >= 0.6 is 0 Å². The van der Waals surface area contributed by atoms with Crippen molar-refractivity contribution in [1.29, 1.82) is 0 Å². The zero-order chi connectivity index (χ0) is 16.6. The number of carbonyl (C=O) groups excluding carboxylic acids is 2. The van der Waals surface area contributed by atoms with Crippen molar-refractivity contribution >= 4 is 11.8 Å². The highest BCUT2D eigenvalue weighted by Gasteiger charge is 2.54. The standard InChI is InChI=1S/C19H25N3O2/c23-17(21-11-13-1-3-20-4-2-13)12-22-18(24)19-8-14-5-15(9-19)7-16(6-14)10-19/h1-4,14-16H,5-12H2,(H,21,23)(H,22,24). The molecule has 4 fully saturated rings. The van der Waals surface area contributed by atoms with Crippen molar-refractivity contribution in [2.24, 2.45) is 23.2 Å². The van der Waals surface area contributed by atoms with Gasteiger partial charge in [-0.05, 0) is 74.0 Å². The number of pyridine rings is 1. The fourth-order valence-electron chi connectivity index (χ4n) is 5.50. The van der Waals surface area contributed by atoms with Gasteiger partial charge in [0.15, 0.2) is 0 Å². The quantitative estimate of drug-likeness (QED) is 0.869. The number of nitrogens with zero attached hydrogens (tertiary/aromatic N) is 1. The molecule has 5 nitrogen and oxygen atoms in total. The normalized spacial score (nSPS) is 33.2. The van der Waals surface area contributed by atoms with E-state index in [0.29, 0.717) is 6.54 Å². The van der Waals surface area contributed by atoms with Crippen LogP contribution in [0.4, 0.5) is 0 Å². The fourth-order valence-corrected chi connectivity index (χ4v) is 5.50. The second-order valence-electron chi connectivity index (χ2n) is 8.01. The Labute approximate surface area is 142 Å². The molecule has 4 saturated carbocycles. The number of nitrogens with one attached hydrogen (secondary N) is 2. The van der Waals surface area contributed by atoms with Gasteiger partial charge in [-0.25, -0.2) is 0 Å². The molecular weight excluding hydrogens is 302 g/mol. The highest BCUT2D eigenvalue weighted by atomic mass is 16.2. The molecule has 0 aliphatic heterocycles. The Kier molecular flexibility index (Phi) is 4.02. The van der Waals surface area contributed by atoms with Crippen molar-refractivity contribution in [2.45, 2.75) is 45.1 Å². The lowest BCUT2D eigenvalue weighted by molar-refractivity contribution is -0.147. The molecular formula is C19H25N3O2. The monoisotopic (exact) mass is 327 g/mol. The number of hydrogen-bond donors (Lipinski definition) is 2. The highest BCUT2D eigenvalue weighted by Crippen LogP contribution is 2.60. The van der Waals surface area contributed by atoms with Gasteiger partial charge in [-0.15, -0.1) is 0 Å². The molecule has 1 aromatic rings. The molecule has 4 aliphatic carbocycles. The summed E-state index contributed by atoms with van der Waals surface area (Å²) in [5.74, 6) is 2.19. The topological polar surface area (TPSA) is 71.1 Å². The van der Waals surface area contributed by atoms with Crippen LogP contribution < -0.4 is 10.6 Å². The first-order valence-corrected chi connectivity index (χ1v) is 9.07. The van der Waals surface area contributed by atoms with Gasteiger partial charge in [0.1, 0.15) is 0 Å². The number of amides is 2. The molecule has 1 heterocycles. The molecule has 2 amide bonds. The van der Waals surface area contributed by atoms with Crippen molar-refractivity contribution in [1.82, 2.24) is 15.6 Å². The summed E-state index contributed by atoms with van der Waals surface area (Å²) >= 11 is 0. The van der Waals surface area contributed by atoms with Crippen molar-refractivity contribution in [3.05, 3.63) is 30.1 Å². The van der Waals surface area contributed by atoms with Gasteiger partial charge in [-0.1, -0.05) is 0 Å². The smallest absolute Gasteiger partial charge is 0.239 e.